The highest BCUT2D eigenvalue weighted by Gasteiger charge is 2.26. The Morgan fingerprint density at radius 1 is 1.10 bits per heavy atom. The fourth-order valence-electron chi connectivity index (χ4n) is 3.39. The molecule has 1 aliphatic rings. The smallest absolute Gasteiger partial charge is 0.243 e. The molecule has 0 aromatic heterocycles. The number of ether oxygens (including phenoxy) is 1. The average Bonchev–Trinajstić information content (AvgIpc) is 2.74. The van der Waals surface area contributed by atoms with Gasteiger partial charge in [0.1, 0.15) is 0 Å². The van der Waals surface area contributed by atoms with Crippen LogP contribution in [0.15, 0.2) is 53.4 Å². The number of nitrogens with one attached hydrogen (secondary N) is 1. The second kappa shape index (κ2) is 9.38. The SMILES string of the molecule is CN(CC(=O)Nc1cccc(S(=O)(=O)N2CCOCC2)c1)c1ccc(C(C)(C)C)cc1. The molecule has 168 valence electrons. The van der Waals surface area contributed by atoms with Gasteiger partial charge in [-0.3, -0.25) is 4.79 Å². The molecule has 0 spiro atoms. The third-order valence-electron chi connectivity index (χ3n) is 5.28. The number of anilines is 2. The minimum atomic E-state index is -3.61. The van der Waals surface area contributed by atoms with Gasteiger partial charge in [-0.2, -0.15) is 4.31 Å². The van der Waals surface area contributed by atoms with E-state index in [0.717, 1.165) is 5.69 Å². The maximum atomic E-state index is 12.8. The summed E-state index contributed by atoms with van der Waals surface area (Å²) in [6.45, 7) is 8.06. The van der Waals surface area contributed by atoms with Crippen LogP contribution in [-0.4, -0.2) is 58.5 Å². The third kappa shape index (κ3) is 5.84. The standard InChI is InChI=1S/C23H31N3O4S/c1-23(2,3)18-8-10-20(11-9-18)25(4)17-22(27)24-19-6-5-7-21(16-19)31(28,29)26-12-14-30-15-13-26/h5-11,16H,12-15,17H2,1-4H3,(H,24,27). The van der Waals surface area contributed by atoms with E-state index < -0.39 is 10.0 Å². The zero-order valence-corrected chi connectivity index (χ0v) is 19.4. The molecule has 0 saturated carbocycles. The lowest BCUT2D eigenvalue weighted by Gasteiger charge is -2.26. The van der Waals surface area contributed by atoms with Crippen molar-refractivity contribution in [2.24, 2.45) is 0 Å². The van der Waals surface area contributed by atoms with E-state index in [2.05, 4.69) is 38.2 Å². The first kappa shape index (κ1) is 23.2. The average molecular weight is 446 g/mol. The maximum absolute atomic E-state index is 12.8. The Labute approximate surface area is 185 Å². The highest BCUT2D eigenvalue weighted by atomic mass is 32.2. The van der Waals surface area contributed by atoms with Crippen LogP contribution in [0.2, 0.25) is 0 Å². The van der Waals surface area contributed by atoms with Crippen molar-refractivity contribution in [1.29, 1.82) is 0 Å². The number of nitrogens with zero attached hydrogens (tertiary/aromatic N) is 2. The Kier molecular flexibility index (Phi) is 7.03. The van der Waals surface area contributed by atoms with Gasteiger partial charge in [0, 0.05) is 31.5 Å². The molecule has 2 aromatic rings. The minimum absolute atomic E-state index is 0.0705. The van der Waals surface area contributed by atoms with E-state index in [4.69, 9.17) is 4.74 Å². The lowest BCUT2D eigenvalue weighted by molar-refractivity contribution is -0.114. The summed E-state index contributed by atoms with van der Waals surface area (Å²) in [5.41, 5.74) is 2.69. The summed E-state index contributed by atoms with van der Waals surface area (Å²) in [6, 6.07) is 14.5. The molecule has 0 aliphatic carbocycles. The van der Waals surface area contributed by atoms with E-state index in [1.54, 1.807) is 18.2 Å². The molecule has 7 nitrogen and oxygen atoms in total. The number of hydrogen-bond acceptors (Lipinski definition) is 5. The normalized spacial score (nSPS) is 15.5. The van der Waals surface area contributed by atoms with Crippen LogP contribution in [0.5, 0.6) is 0 Å². The number of rotatable bonds is 6. The topological polar surface area (TPSA) is 79.0 Å². The van der Waals surface area contributed by atoms with Crippen LogP contribution in [0, 0.1) is 0 Å². The van der Waals surface area contributed by atoms with Gasteiger partial charge in [-0.25, -0.2) is 8.42 Å². The van der Waals surface area contributed by atoms with E-state index in [9.17, 15) is 13.2 Å². The Morgan fingerprint density at radius 2 is 1.74 bits per heavy atom. The van der Waals surface area contributed by atoms with Crippen LogP contribution in [0.1, 0.15) is 26.3 Å². The molecule has 1 fully saturated rings. The monoisotopic (exact) mass is 445 g/mol. The van der Waals surface area contributed by atoms with Gasteiger partial charge in [-0.05, 0) is 41.3 Å². The number of sulfonamides is 1. The first-order valence-electron chi connectivity index (χ1n) is 10.4. The Bertz CT molecular complexity index is 1010. The highest BCUT2D eigenvalue weighted by molar-refractivity contribution is 7.89. The van der Waals surface area contributed by atoms with E-state index in [-0.39, 0.29) is 22.8 Å². The summed E-state index contributed by atoms with van der Waals surface area (Å²) in [6.07, 6.45) is 0. The molecule has 0 radical (unpaired) electrons. The van der Waals surface area contributed by atoms with Crippen LogP contribution in [0.3, 0.4) is 0 Å². The molecule has 3 rings (SSSR count). The summed E-state index contributed by atoms with van der Waals surface area (Å²) in [7, 11) is -1.76. The Balaban J connectivity index is 1.65. The molecule has 0 bridgehead atoms. The fraction of sp³-hybridized carbons (Fsp3) is 0.435. The van der Waals surface area contributed by atoms with Crippen molar-refractivity contribution in [2.45, 2.75) is 31.1 Å². The van der Waals surface area contributed by atoms with Crippen LogP contribution >= 0.6 is 0 Å². The molecule has 0 unspecified atom stereocenters. The number of morpholine rings is 1. The van der Waals surface area contributed by atoms with Gasteiger partial charge in [0.15, 0.2) is 0 Å². The Morgan fingerprint density at radius 3 is 2.35 bits per heavy atom. The molecule has 0 atom stereocenters. The first-order chi connectivity index (χ1) is 14.6. The summed E-state index contributed by atoms with van der Waals surface area (Å²) in [5, 5.41) is 2.81. The summed E-state index contributed by atoms with van der Waals surface area (Å²) in [5.74, 6) is -0.219. The number of benzene rings is 2. The summed E-state index contributed by atoms with van der Waals surface area (Å²) < 4.78 is 32.3. The molecular formula is C23H31N3O4S. The largest absolute Gasteiger partial charge is 0.379 e. The van der Waals surface area contributed by atoms with E-state index in [1.807, 2.05) is 24.1 Å². The first-order valence-corrected chi connectivity index (χ1v) is 11.8. The van der Waals surface area contributed by atoms with Crippen LogP contribution in [-0.2, 0) is 25.0 Å². The van der Waals surface area contributed by atoms with Crippen molar-refractivity contribution in [2.75, 3.05) is 50.1 Å². The molecular weight excluding hydrogens is 414 g/mol. The quantitative estimate of drug-likeness (QED) is 0.739. The predicted octanol–water partition coefficient (Wildman–Crippen LogP) is 3.08. The van der Waals surface area contributed by atoms with Crippen LogP contribution < -0.4 is 10.2 Å². The highest BCUT2D eigenvalue weighted by Crippen LogP contribution is 2.25. The molecule has 2 aromatic carbocycles. The van der Waals surface area contributed by atoms with Crippen LogP contribution in [0.25, 0.3) is 0 Å². The van der Waals surface area contributed by atoms with Gasteiger partial charge in [-0.15, -0.1) is 0 Å². The van der Waals surface area contributed by atoms with Gasteiger partial charge >= 0.3 is 0 Å². The van der Waals surface area contributed by atoms with Crippen molar-refractivity contribution in [3.63, 3.8) is 0 Å². The lowest BCUT2D eigenvalue weighted by atomic mass is 9.87. The second-order valence-electron chi connectivity index (χ2n) is 8.75. The van der Waals surface area contributed by atoms with Crippen molar-refractivity contribution >= 4 is 27.3 Å². The third-order valence-corrected chi connectivity index (χ3v) is 7.18. The number of carbonyl (C=O) groups excluding carboxylic acids is 1. The Hall–Kier alpha value is -2.42. The molecule has 1 aliphatic heterocycles. The predicted molar refractivity (Wildman–Crippen MR) is 123 cm³/mol. The van der Waals surface area contributed by atoms with Gasteiger partial charge in [-0.1, -0.05) is 39.0 Å². The molecule has 1 saturated heterocycles. The van der Waals surface area contributed by atoms with Crippen molar-refractivity contribution in [1.82, 2.24) is 4.31 Å². The summed E-state index contributed by atoms with van der Waals surface area (Å²) in [4.78, 5) is 14.6. The number of hydrogen-bond donors (Lipinski definition) is 1. The van der Waals surface area contributed by atoms with Crippen molar-refractivity contribution in [3.05, 3.63) is 54.1 Å². The van der Waals surface area contributed by atoms with Crippen LogP contribution in [0.4, 0.5) is 11.4 Å². The molecule has 1 amide bonds. The molecule has 8 heteroatoms. The fourth-order valence-corrected chi connectivity index (χ4v) is 4.85. The summed E-state index contributed by atoms with van der Waals surface area (Å²) >= 11 is 0. The molecule has 31 heavy (non-hydrogen) atoms. The van der Waals surface area contributed by atoms with Crippen molar-refractivity contribution < 1.29 is 17.9 Å². The van der Waals surface area contributed by atoms with Gasteiger partial charge in [0.25, 0.3) is 0 Å². The van der Waals surface area contributed by atoms with E-state index >= 15 is 0 Å². The number of likely N-dealkylation sites (N-methyl/N-ethyl adjacent to an activating group) is 1. The zero-order chi connectivity index (χ0) is 22.6. The van der Waals surface area contributed by atoms with Gasteiger partial charge in [0.05, 0.1) is 24.7 Å². The minimum Gasteiger partial charge on any atom is -0.379 e. The van der Waals surface area contributed by atoms with E-state index in [1.165, 1.54) is 15.9 Å². The number of amides is 1. The molecule has 1 N–H and O–H groups in total. The van der Waals surface area contributed by atoms with Gasteiger partial charge in [0.2, 0.25) is 15.9 Å². The lowest BCUT2D eigenvalue weighted by Crippen LogP contribution is -2.40. The zero-order valence-electron chi connectivity index (χ0n) is 18.6. The number of carbonyl (C=O) groups is 1. The van der Waals surface area contributed by atoms with E-state index in [0.29, 0.717) is 32.0 Å². The van der Waals surface area contributed by atoms with Crippen molar-refractivity contribution in [3.8, 4) is 0 Å². The molecule has 1 heterocycles. The maximum Gasteiger partial charge on any atom is 0.243 e. The second-order valence-corrected chi connectivity index (χ2v) is 10.7. The van der Waals surface area contributed by atoms with Gasteiger partial charge < -0.3 is 15.0 Å².